The summed E-state index contributed by atoms with van der Waals surface area (Å²) >= 11 is 0. The number of aromatic nitrogens is 5. The third kappa shape index (κ3) is 3.22. The van der Waals surface area contributed by atoms with Crippen LogP contribution in [0.2, 0.25) is 0 Å². The lowest BCUT2D eigenvalue weighted by Crippen LogP contribution is -2.24. The average molecular weight is 382 g/mol. The summed E-state index contributed by atoms with van der Waals surface area (Å²) in [6, 6.07) is 2.09. The zero-order valence-corrected chi connectivity index (χ0v) is 15.7. The predicted octanol–water partition coefficient (Wildman–Crippen LogP) is 2.34. The number of pyridine rings is 1. The summed E-state index contributed by atoms with van der Waals surface area (Å²) in [5, 5.41) is 8.28. The number of hydrogen-bond donors (Lipinski definition) is 0. The molecule has 1 saturated carbocycles. The van der Waals surface area contributed by atoms with Crippen molar-refractivity contribution in [2.45, 2.75) is 38.8 Å². The summed E-state index contributed by atoms with van der Waals surface area (Å²) in [4.78, 5) is 18.6. The van der Waals surface area contributed by atoms with Gasteiger partial charge in [0.2, 0.25) is 0 Å². The van der Waals surface area contributed by atoms with E-state index in [0.29, 0.717) is 38.8 Å². The van der Waals surface area contributed by atoms with Crippen molar-refractivity contribution < 1.29 is 14.3 Å². The van der Waals surface area contributed by atoms with Crippen LogP contribution in [0.5, 0.6) is 0 Å². The first kappa shape index (κ1) is 17.2. The van der Waals surface area contributed by atoms with Crippen LogP contribution in [0, 0.1) is 0 Å². The highest BCUT2D eigenvalue weighted by molar-refractivity contribution is 5.93. The minimum Gasteiger partial charge on any atom is -0.447 e. The Morgan fingerprint density at radius 3 is 2.89 bits per heavy atom. The number of ether oxygens (including phenoxy) is 2. The van der Waals surface area contributed by atoms with Gasteiger partial charge in [-0.3, -0.25) is 4.90 Å². The Labute approximate surface area is 161 Å². The minimum absolute atomic E-state index is 0.309. The number of hydrogen-bond acceptors (Lipinski definition) is 6. The number of amides is 1. The zero-order valence-electron chi connectivity index (χ0n) is 15.7. The lowest BCUT2D eigenvalue weighted by molar-refractivity contribution is 0.131. The van der Waals surface area contributed by atoms with Crippen LogP contribution in [0.1, 0.15) is 42.6 Å². The molecular formula is C19H22N6O3. The largest absolute Gasteiger partial charge is 0.447 e. The monoisotopic (exact) mass is 382 g/mol. The van der Waals surface area contributed by atoms with Crippen molar-refractivity contribution in [2.24, 2.45) is 0 Å². The van der Waals surface area contributed by atoms with Crippen LogP contribution in [0.4, 0.5) is 10.5 Å². The lowest BCUT2D eigenvalue weighted by atomic mass is 10.1. The molecule has 146 valence electrons. The Balaban J connectivity index is 1.47. The van der Waals surface area contributed by atoms with E-state index in [2.05, 4.69) is 22.6 Å². The fraction of sp³-hybridized carbons (Fsp3) is 0.474. The minimum atomic E-state index is -0.309. The Morgan fingerprint density at radius 2 is 2.14 bits per heavy atom. The van der Waals surface area contributed by atoms with Crippen molar-refractivity contribution in [3.05, 3.63) is 41.6 Å². The highest BCUT2D eigenvalue weighted by Crippen LogP contribution is 2.42. The van der Waals surface area contributed by atoms with Crippen molar-refractivity contribution in [3.63, 3.8) is 0 Å². The first-order valence-corrected chi connectivity index (χ1v) is 9.64. The van der Waals surface area contributed by atoms with Gasteiger partial charge < -0.3 is 13.9 Å². The Morgan fingerprint density at radius 1 is 1.25 bits per heavy atom. The van der Waals surface area contributed by atoms with Crippen molar-refractivity contribution in [2.75, 3.05) is 24.7 Å². The summed E-state index contributed by atoms with van der Waals surface area (Å²) in [5.74, 6) is 0.573. The number of cyclic esters (lactones) is 1. The van der Waals surface area contributed by atoms with E-state index in [1.54, 1.807) is 9.58 Å². The van der Waals surface area contributed by atoms with Crippen LogP contribution < -0.4 is 4.90 Å². The van der Waals surface area contributed by atoms with Crippen molar-refractivity contribution in [1.29, 1.82) is 0 Å². The second-order valence-electron chi connectivity index (χ2n) is 7.21. The Bertz CT molecular complexity index is 1020. The van der Waals surface area contributed by atoms with Gasteiger partial charge in [-0.15, -0.1) is 5.10 Å². The molecule has 0 radical (unpaired) electrons. The van der Waals surface area contributed by atoms with Crippen LogP contribution in [0.15, 0.2) is 24.7 Å². The second-order valence-corrected chi connectivity index (χ2v) is 7.21. The molecule has 3 aromatic rings. The molecule has 9 heteroatoms. The van der Waals surface area contributed by atoms with Crippen LogP contribution in [0.25, 0.3) is 5.65 Å². The number of nitrogens with zero attached hydrogens (tertiary/aromatic N) is 6. The van der Waals surface area contributed by atoms with E-state index in [1.165, 1.54) is 18.4 Å². The predicted molar refractivity (Wildman–Crippen MR) is 100 cm³/mol. The van der Waals surface area contributed by atoms with E-state index >= 15 is 0 Å². The smallest absolute Gasteiger partial charge is 0.414 e. The van der Waals surface area contributed by atoms with E-state index in [9.17, 15) is 4.79 Å². The molecule has 5 rings (SSSR count). The lowest BCUT2D eigenvalue weighted by Gasteiger charge is -2.15. The van der Waals surface area contributed by atoms with Gasteiger partial charge in [0.15, 0.2) is 5.65 Å². The molecule has 1 saturated heterocycles. The standard InChI is InChI=1S/C19H22N6O3/c1-2-27-12-16-11-24(22-21-16)10-15-9-23-8-14(13-3-4-13)7-17(18(23)20-15)25-5-6-28-19(25)26/h7-9,11,13H,2-6,10,12H2,1H3. The molecule has 3 aromatic heterocycles. The summed E-state index contributed by atoms with van der Waals surface area (Å²) in [6.07, 6.45) is 8.06. The van der Waals surface area contributed by atoms with Crippen molar-refractivity contribution in [1.82, 2.24) is 24.4 Å². The Kier molecular flexibility index (Phi) is 4.23. The highest BCUT2D eigenvalue weighted by Gasteiger charge is 2.30. The molecule has 0 unspecified atom stereocenters. The quantitative estimate of drug-likeness (QED) is 0.623. The van der Waals surface area contributed by atoms with Gasteiger partial charge in [-0.25, -0.2) is 14.5 Å². The van der Waals surface area contributed by atoms with Gasteiger partial charge in [0, 0.05) is 19.0 Å². The number of anilines is 1. The first-order chi connectivity index (χ1) is 13.7. The van der Waals surface area contributed by atoms with Crippen molar-refractivity contribution >= 4 is 17.4 Å². The van der Waals surface area contributed by atoms with Crippen LogP contribution in [0.3, 0.4) is 0 Å². The molecule has 0 N–H and O–H groups in total. The molecule has 9 nitrogen and oxygen atoms in total. The van der Waals surface area contributed by atoms with E-state index in [1.807, 2.05) is 23.7 Å². The summed E-state index contributed by atoms with van der Waals surface area (Å²) < 4.78 is 14.3. The van der Waals surface area contributed by atoms with Gasteiger partial charge in [-0.05, 0) is 37.3 Å². The molecule has 2 aliphatic rings. The Hall–Kier alpha value is -2.94. The second kappa shape index (κ2) is 6.90. The maximum atomic E-state index is 12.1. The molecular weight excluding hydrogens is 360 g/mol. The topological polar surface area (TPSA) is 86.8 Å². The fourth-order valence-corrected chi connectivity index (χ4v) is 3.53. The van der Waals surface area contributed by atoms with E-state index in [0.717, 1.165) is 22.7 Å². The maximum absolute atomic E-state index is 12.1. The molecule has 0 spiro atoms. The van der Waals surface area contributed by atoms with Crippen LogP contribution in [-0.2, 0) is 22.6 Å². The van der Waals surface area contributed by atoms with Gasteiger partial charge in [-0.1, -0.05) is 5.21 Å². The third-order valence-electron chi connectivity index (χ3n) is 5.07. The number of fused-ring (bicyclic) bond motifs is 1. The van der Waals surface area contributed by atoms with E-state index < -0.39 is 0 Å². The van der Waals surface area contributed by atoms with Crippen LogP contribution >= 0.6 is 0 Å². The molecule has 0 bridgehead atoms. The van der Waals surface area contributed by atoms with Crippen LogP contribution in [-0.4, -0.2) is 50.2 Å². The van der Waals surface area contributed by atoms with Gasteiger partial charge in [0.05, 0.1) is 37.3 Å². The fourth-order valence-electron chi connectivity index (χ4n) is 3.53. The van der Waals surface area contributed by atoms with Gasteiger partial charge in [-0.2, -0.15) is 0 Å². The molecule has 2 fully saturated rings. The number of rotatable bonds is 7. The van der Waals surface area contributed by atoms with Gasteiger partial charge in [0.1, 0.15) is 12.3 Å². The molecule has 4 heterocycles. The van der Waals surface area contributed by atoms with Crippen molar-refractivity contribution in [3.8, 4) is 0 Å². The summed E-state index contributed by atoms with van der Waals surface area (Å²) in [6.45, 7) is 4.51. The normalized spacial score (nSPS) is 16.9. The molecule has 1 aliphatic carbocycles. The van der Waals surface area contributed by atoms with E-state index in [4.69, 9.17) is 14.5 Å². The average Bonchev–Trinajstić information content (AvgIpc) is 3.09. The SMILES string of the molecule is CCOCc1cn(Cc2cn3cc(C4CC4)cc(N4CCOC4=O)c3n2)nn1. The van der Waals surface area contributed by atoms with Gasteiger partial charge >= 0.3 is 6.09 Å². The molecule has 0 atom stereocenters. The molecule has 0 aromatic carbocycles. The molecule has 28 heavy (non-hydrogen) atoms. The zero-order chi connectivity index (χ0) is 19.1. The first-order valence-electron chi connectivity index (χ1n) is 9.64. The van der Waals surface area contributed by atoms with E-state index in [-0.39, 0.29) is 6.09 Å². The number of carbonyl (C=O) groups is 1. The summed E-state index contributed by atoms with van der Waals surface area (Å²) in [7, 11) is 0. The number of carbonyl (C=O) groups excluding carboxylic acids is 1. The maximum Gasteiger partial charge on any atom is 0.414 e. The molecule has 1 aliphatic heterocycles. The van der Waals surface area contributed by atoms with Gasteiger partial charge in [0.25, 0.3) is 0 Å². The third-order valence-corrected chi connectivity index (χ3v) is 5.07. The summed E-state index contributed by atoms with van der Waals surface area (Å²) in [5.41, 5.74) is 4.46. The number of imidazole rings is 1. The highest BCUT2D eigenvalue weighted by atomic mass is 16.6. The molecule has 1 amide bonds.